The molecule has 1 aliphatic carbocycles. The highest BCUT2D eigenvalue weighted by molar-refractivity contribution is 14.0. The zero-order chi connectivity index (χ0) is 20.6. The lowest BCUT2D eigenvalue weighted by molar-refractivity contribution is 0.242. The van der Waals surface area contributed by atoms with Crippen molar-refractivity contribution in [3.05, 3.63) is 23.9 Å². The molecule has 174 valence electrons. The summed E-state index contributed by atoms with van der Waals surface area (Å²) in [6.45, 7) is 8.34. The van der Waals surface area contributed by atoms with Crippen LogP contribution in [-0.4, -0.2) is 60.7 Å². The summed E-state index contributed by atoms with van der Waals surface area (Å²) in [7, 11) is 0. The molecule has 0 spiro atoms. The summed E-state index contributed by atoms with van der Waals surface area (Å²) in [4.78, 5) is 14.7. The number of nitrogens with one attached hydrogen (secondary N) is 2. The molecule has 1 saturated carbocycles. The minimum atomic E-state index is 0. The number of anilines is 1. The summed E-state index contributed by atoms with van der Waals surface area (Å²) in [6.07, 6.45) is 14.1. The lowest BCUT2D eigenvalue weighted by Crippen LogP contribution is -2.45. The fourth-order valence-corrected chi connectivity index (χ4v) is 5.19. The van der Waals surface area contributed by atoms with Gasteiger partial charge in [0.2, 0.25) is 0 Å². The van der Waals surface area contributed by atoms with Crippen molar-refractivity contribution in [2.24, 2.45) is 4.99 Å². The van der Waals surface area contributed by atoms with Gasteiger partial charge in [0, 0.05) is 51.0 Å². The van der Waals surface area contributed by atoms with Crippen LogP contribution in [-0.2, 0) is 6.54 Å². The van der Waals surface area contributed by atoms with E-state index in [9.17, 15) is 0 Å². The highest BCUT2D eigenvalue weighted by atomic mass is 127. The van der Waals surface area contributed by atoms with Crippen molar-refractivity contribution in [1.82, 2.24) is 20.5 Å². The van der Waals surface area contributed by atoms with Gasteiger partial charge in [0.15, 0.2) is 5.96 Å². The van der Waals surface area contributed by atoms with Crippen LogP contribution in [0.25, 0.3) is 0 Å². The second kappa shape index (κ2) is 12.8. The standard InChI is InChI=1S/C24H40N6.HI/c1-2-25-24(28-21-13-16-30(19-21)22-9-5-6-10-22)27-18-20-11-12-23(26-17-20)29-14-7-3-4-8-15-29;/h11-12,17,21-22H,2-10,13-16,18-19H2,1H3,(H2,25,27,28);1H. The van der Waals surface area contributed by atoms with E-state index in [0.717, 1.165) is 44.0 Å². The third kappa shape index (κ3) is 7.20. The van der Waals surface area contributed by atoms with Gasteiger partial charge in [-0.3, -0.25) is 4.90 Å². The number of pyridine rings is 1. The Morgan fingerprint density at radius 2 is 1.81 bits per heavy atom. The Hall–Kier alpha value is -1.09. The Labute approximate surface area is 205 Å². The average Bonchev–Trinajstić information content (AvgIpc) is 3.39. The van der Waals surface area contributed by atoms with Gasteiger partial charge in [0.25, 0.3) is 0 Å². The van der Waals surface area contributed by atoms with Crippen molar-refractivity contribution in [1.29, 1.82) is 0 Å². The van der Waals surface area contributed by atoms with Crippen LogP contribution in [0.5, 0.6) is 0 Å². The number of likely N-dealkylation sites (tertiary alicyclic amines) is 1. The largest absolute Gasteiger partial charge is 0.357 e. The van der Waals surface area contributed by atoms with Crippen LogP contribution in [0, 0.1) is 0 Å². The molecule has 6 nitrogen and oxygen atoms in total. The number of nitrogens with zero attached hydrogens (tertiary/aromatic N) is 4. The quantitative estimate of drug-likeness (QED) is 0.323. The van der Waals surface area contributed by atoms with Gasteiger partial charge in [0.05, 0.1) is 6.54 Å². The van der Waals surface area contributed by atoms with Gasteiger partial charge in [-0.1, -0.05) is 31.7 Å². The van der Waals surface area contributed by atoms with E-state index in [2.05, 4.69) is 39.5 Å². The summed E-state index contributed by atoms with van der Waals surface area (Å²) in [5, 5.41) is 7.11. The van der Waals surface area contributed by atoms with Gasteiger partial charge < -0.3 is 15.5 Å². The van der Waals surface area contributed by atoms with E-state index < -0.39 is 0 Å². The first kappa shape index (κ1) is 24.6. The van der Waals surface area contributed by atoms with E-state index in [1.807, 2.05) is 6.20 Å². The maximum atomic E-state index is 4.85. The molecule has 7 heteroatoms. The van der Waals surface area contributed by atoms with Crippen LogP contribution in [0.1, 0.15) is 70.3 Å². The second-order valence-corrected chi connectivity index (χ2v) is 9.18. The van der Waals surface area contributed by atoms with Crippen molar-refractivity contribution in [3.63, 3.8) is 0 Å². The van der Waals surface area contributed by atoms with E-state index in [-0.39, 0.29) is 24.0 Å². The highest BCUT2D eigenvalue weighted by Crippen LogP contribution is 2.26. The first-order chi connectivity index (χ1) is 14.8. The molecule has 3 heterocycles. The summed E-state index contributed by atoms with van der Waals surface area (Å²) in [5.41, 5.74) is 1.17. The van der Waals surface area contributed by atoms with E-state index >= 15 is 0 Å². The molecule has 0 aromatic carbocycles. The molecule has 0 bridgehead atoms. The Balaban J connectivity index is 0.00000272. The van der Waals surface area contributed by atoms with E-state index in [4.69, 9.17) is 9.98 Å². The first-order valence-electron chi connectivity index (χ1n) is 12.3. The predicted octanol–water partition coefficient (Wildman–Crippen LogP) is 4.15. The van der Waals surface area contributed by atoms with Crippen LogP contribution in [0.4, 0.5) is 5.82 Å². The molecule has 3 aliphatic rings. The topological polar surface area (TPSA) is 55.8 Å². The Morgan fingerprint density at radius 3 is 2.48 bits per heavy atom. The SMILES string of the molecule is CCNC(=NCc1ccc(N2CCCCCC2)nc1)NC1CCN(C2CCCC2)C1.I. The molecule has 2 N–H and O–H groups in total. The molecule has 1 atom stereocenters. The number of hydrogen-bond acceptors (Lipinski definition) is 4. The maximum Gasteiger partial charge on any atom is 0.191 e. The number of halogens is 1. The van der Waals surface area contributed by atoms with Gasteiger partial charge >= 0.3 is 0 Å². The summed E-state index contributed by atoms with van der Waals surface area (Å²) >= 11 is 0. The summed E-state index contributed by atoms with van der Waals surface area (Å²) < 4.78 is 0. The fraction of sp³-hybridized carbons (Fsp3) is 0.750. The molecule has 3 fully saturated rings. The van der Waals surface area contributed by atoms with Crippen LogP contribution in [0.2, 0.25) is 0 Å². The molecule has 0 radical (unpaired) electrons. The molecule has 1 aromatic rings. The smallest absolute Gasteiger partial charge is 0.191 e. The number of aromatic nitrogens is 1. The normalized spacial score (nSPS) is 23.5. The maximum absolute atomic E-state index is 4.85. The third-order valence-electron chi connectivity index (χ3n) is 6.90. The molecule has 2 aliphatic heterocycles. The van der Waals surface area contributed by atoms with Crippen LogP contribution < -0.4 is 15.5 Å². The fourth-order valence-electron chi connectivity index (χ4n) is 5.19. The lowest BCUT2D eigenvalue weighted by atomic mass is 10.2. The van der Waals surface area contributed by atoms with Gasteiger partial charge in [-0.05, 0) is 50.7 Å². The number of guanidine groups is 1. The number of aliphatic imine (C=N–C) groups is 1. The highest BCUT2D eigenvalue weighted by Gasteiger charge is 2.30. The number of hydrogen-bond donors (Lipinski definition) is 2. The molecule has 2 saturated heterocycles. The Kier molecular flexibility index (Phi) is 10.2. The summed E-state index contributed by atoms with van der Waals surface area (Å²) in [5.74, 6) is 2.06. The van der Waals surface area contributed by atoms with Crippen molar-refractivity contribution < 1.29 is 0 Å². The minimum Gasteiger partial charge on any atom is -0.357 e. The molecule has 4 rings (SSSR count). The van der Waals surface area contributed by atoms with Gasteiger partial charge in [0.1, 0.15) is 5.82 Å². The Morgan fingerprint density at radius 1 is 1.03 bits per heavy atom. The molecule has 1 unspecified atom stereocenters. The van der Waals surface area contributed by atoms with Gasteiger partial charge in [-0.2, -0.15) is 0 Å². The van der Waals surface area contributed by atoms with E-state index in [1.54, 1.807) is 0 Å². The Bertz CT molecular complexity index is 665. The molecule has 0 amide bonds. The average molecular weight is 541 g/mol. The van der Waals surface area contributed by atoms with Gasteiger partial charge in [-0.15, -0.1) is 24.0 Å². The van der Waals surface area contributed by atoms with Crippen LogP contribution >= 0.6 is 24.0 Å². The number of rotatable bonds is 6. The monoisotopic (exact) mass is 540 g/mol. The van der Waals surface area contributed by atoms with Crippen molar-refractivity contribution in [2.75, 3.05) is 37.6 Å². The first-order valence-corrected chi connectivity index (χ1v) is 12.3. The predicted molar refractivity (Wildman–Crippen MR) is 141 cm³/mol. The minimum absolute atomic E-state index is 0. The van der Waals surface area contributed by atoms with Crippen molar-refractivity contribution >= 4 is 35.8 Å². The zero-order valence-corrected chi connectivity index (χ0v) is 21.5. The molecule has 31 heavy (non-hydrogen) atoms. The lowest BCUT2D eigenvalue weighted by Gasteiger charge is -2.24. The molecular formula is C24H41IN6. The van der Waals surface area contributed by atoms with Crippen LogP contribution in [0.3, 0.4) is 0 Å². The van der Waals surface area contributed by atoms with Crippen LogP contribution in [0.15, 0.2) is 23.3 Å². The summed E-state index contributed by atoms with van der Waals surface area (Å²) in [6, 6.07) is 5.70. The van der Waals surface area contributed by atoms with E-state index in [0.29, 0.717) is 12.6 Å². The third-order valence-corrected chi connectivity index (χ3v) is 6.90. The molecule has 1 aromatic heterocycles. The van der Waals surface area contributed by atoms with E-state index in [1.165, 1.54) is 69.9 Å². The van der Waals surface area contributed by atoms with Crippen molar-refractivity contribution in [2.45, 2.75) is 83.3 Å². The van der Waals surface area contributed by atoms with Gasteiger partial charge in [-0.25, -0.2) is 9.98 Å². The van der Waals surface area contributed by atoms with Crippen molar-refractivity contribution in [3.8, 4) is 0 Å². The second-order valence-electron chi connectivity index (χ2n) is 9.18. The zero-order valence-electron chi connectivity index (χ0n) is 19.2. The molecular weight excluding hydrogens is 499 g/mol.